The Kier molecular flexibility index (Phi) is 4.40. The molecule has 2 nitrogen and oxygen atoms in total. The van der Waals surface area contributed by atoms with Gasteiger partial charge in [0.15, 0.2) is 0 Å². The zero-order chi connectivity index (χ0) is 13.8. The Morgan fingerprint density at radius 1 is 1.05 bits per heavy atom. The van der Waals surface area contributed by atoms with E-state index in [1.165, 1.54) is 63.4 Å². The molecule has 0 atom stereocenters. The second-order valence-electron chi connectivity index (χ2n) is 7.13. The first-order valence-corrected chi connectivity index (χ1v) is 8.29. The summed E-state index contributed by atoms with van der Waals surface area (Å²) >= 11 is 0. The van der Waals surface area contributed by atoms with E-state index in [1.54, 1.807) is 0 Å². The van der Waals surface area contributed by atoms with Crippen molar-refractivity contribution >= 4 is 0 Å². The maximum Gasteiger partial charge on any atom is 0.0459 e. The zero-order valence-electron chi connectivity index (χ0n) is 12.4. The number of pyridine rings is 1. The topological polar surface area (TPSA) is 33.1 Å². The molecule has 0 aliphatic heterocycles. The van der Waals surface area contributed by atoms with E-state index in [9.17, 15) is 5.11 Å². The van der Waals surface area contributed by atoms with Crippen LogP contribution in [0.5, 0.6) is 0 Å². The number of aliphatic hydroxyl groups excluding tert-OH is 1. The molecule has 2 aliphatic rings. The van der Waals surface area contributed by atoms with Crippen LogP contribution in [-0.4, -0.2) is 16.7 Å². The van der Waals surface area contributed by atoms with E-state index in [0.717, 1.165) is 5.92 Å². The first-order chi connectivity index (χ1) is 9.80. The average molecular weight is 273 g/mol. The van der Waals surface area contributed by atoms with E-state index in [0.29, 0.717) is 17.9 Å². The van der Waals surface area contributed by atoms with Crippen LogP contribution in [0.3, 0.4) is 0 Å². The van der Waals surface area contributed by atoms with Gasteiger partial charge in [0, 0.05) is 19.0 Å². The molecule has 2 fully saturated rings. The molecule has 0 aromatic carbocycles. The quantitative estimate of drug-likeness (QED) is 0.903. The van der Waals surface area contributed by atoms with Crippen molar-refractivity contribution in [3.8, 4) is 0 Å². The molecule has 1 aromatic rings. The lowest BCUT2D eigenvalue weighted by Crippen LogP contribution is -2.33. The third kappa shape index (κ3) is 3.22. The minimum absolute atomic E-state index is 0.402. The maximum atomic E-state index is 9.28. The minimum atomic E-state index is 0.402. The molecule has 0 amide bonds. The molecular formula is C18H27NO. The second kappa shape index (κ2) is 6.26. The van der Waals surface area contributed by atoms with Crippen LogP contribution >= 0.6 is 0 Å². The van der Waals surface area contributed by atoms with Gasteiger partial charge in [0.25, 0.3) is 0 Å². The van der Waals surface area contributed by atoms with Crippen LogP contribution in [0, 0.1) is 17.3 Å². The van der Waals surface area contributed by atoms with Crippen LogP contribution in [0.4, 0.5) is 0 Å². The van der Waals surface area contributed by atoms with Gasteiger partial charge in [-0.15, -0.1) is 0 Å². The Morgan fingerprint density at radius 3 is 2.25 bits per heavy atom. The Bertz CT molecular complexity index is 399. The minimum Gasteiger partial charge on any atom is -0.396 e. The Labute approximate surface area is 122 Å². The van der Waals surface area contributed by atoms with Crippen molar-refractivity contribution in [1.29, 1.82) is 0 Å². The van der Waals surface area contributed by atoms with Gasteiger partial charge in [0.2, 0.25) is 0 Å². The molecule has 0 unspecified atom stereocenters. The Balaban J connectivity index is 1.50. The van der Waals surface area contributed by atoms with Crippen molar-refractivity contribution in [2.45, 2.75) is 57.8 Å². The number of hydrogen-bond donors (Lipinski definition) is 1. The lowest BCUT2D eigenvalue weighted by molar-refractivity contribution is 0.0581. The van der Waals surface area contributed by atoms with Crippen molar-refractivity contribution < 1.29 is 5.11 Å². The fourth-order valence-electron chi connectivity index (χ4n) is 4.32. The van der Waals surface area contributed by atoms with E-state index < -0.39 is 0 Å². The molecule has 1 spiro atoms. The molecule has 3 rings (SSSR count). The monoisotopic (exact) mass is 273 g/mol. The van der Waals surface area contributed by atoms with Crippen molar-refractivity contribution in [2.24, 2.45) is 17.3 Å². The van der Waals surface area contributed by atoms with Gasteiger partial charge < -0.3 is 5.11 Å². The molecular weight excluding hydrogens is 246 g/mol. The van der Waals surface area contributed by atoms with Gasteiger partial charge in [-0.25, -0.2) is 0 Å². The normalized spacial score (nSPS) is 34.2. The molecule has 110 valence electrons. The molecule has 20 heavy (non-hydrogen) atoms. The van der Waals surface area contributed by atoms with Crippen molar-refractivity contribution in [2.75, 3.05) is 6.61 Å². The summed E-state index contributed by atoms with van der Waals surface area (Å²) in [7, 11) is 0. The number of hydrogen-bond acceptors (Lipinski definition) is 2. The summed E-state index contributed by atoms with van der Waals surface area (Å²) in [4.78, 5) is 4.23. The van der Waals surface area contributed by atoms with E-state index in [4.69, 9.17) is 0 Å². The second-order valence-corrected chi connectivity index (χ2v) is 7.13. The van der Waals surface area contributed by atoms with Crippen LogP contribution < -0.4 is 0 Å². The molecule has 1 aromatic heterocycles. The third-order valence-electron chi connectivity index (χ3n) is 5.84. The fraction of sp³-hybridized carbons (Fsp3) is 0.722. The average Bonchev–Trinajstić information content (AvgIpc) is 2.52. The predicted molar refractivity (Wildman–Crippen MR) is 81.4 cm³/mol. The predicted octanol–water partition coefficient (Wildman–Crippen LogP) is 3.98. The Morgan fingerprint density at radius 2 is 1.70 bits per heavy atom. The number of aliphatic hydroxyl groups is 1. The van der Waals surface area contributed by atoms with Gasteiger partial charge in [0.1, 0.15) is 0 Å². The van der Waals surface area contributed by atoms with Gasteiger partial charge >= 0.3 is 0 Å². The smallest absolute Gasteiger partial charge is 0.0459 e. The van der Waals surface area contributed by atoms with E-state index in [-0.39, 0.29) is 0 Å². The summed E-state index contributed by atoms with van der Waals surface area (Å²) < 4.78 is 0. The largest absolute Gasteiger partial charge is 0.396 e. The van der Waals surface area contributed by atoms with Crippen molar-refractivity contribution in [3.63, 3.8) is 0 Å². The molecule has 2 heteroatoms. The summed E-state index contributed by atoms with van der Waals surface area (Å²) in [6, 6.07) is 4.26. The first kappa shape index (κ1) is 14.1. The highest BCUT2D eigenvalue weighted by atomic mass is 16.3. The fourth-order valence-corrected chi connectivity index (χ4v) is 4.32. The van der Waals surface area contributed by atoms with E-state index >= 15 is 0 Å². The van der Waals surface area contributed by atoms with E-state index in [2.05, 4.69) is 17.1 Å². The number of rotatable bonds is 3. The van der Waals surface area contributed by atoms with Crippen LogP contribution in [0.25, 0.3) is 0 Å². The molecule has 1 heterocycles. The van der Waals surface area contributed by atoms with Gasteiger partial charge in [-0.2, -0.15) is 0 Å². The molecule has 1 N–H and O–H groups in total. The summed E-state index contributed by atoms with van der Waals surface area (Å²) in [6.07, 6.45) is 15.9. The van der Waals surface area contributed by atoms with Crippen molar-refractivity contribution in [1.82, 2.24) is 4.98 Å². The third-order valence-corrected chi connectivity index (χ3v) is 5.84. The van der Waals surface area contributed by atoms with Gasteiger partial charge in [-0.05, 0) is 86.7 Å². The molecule has 2 aliphatic carbocycles. The van der Waals surface area contributed by atoms with Crippen molar-refractivity contribution in [3.05, 3.63) is 30.1 Å². The lowest BCUT2D eigenvalue weighted by Gasteiger charge is -2.44. The molecule has 0 bridgehead atoms. The number of nitrogens with zero attached hydrogens (tertiary/aromatic N) is 1. The molecule has 2 saturated carbocycles. The molecule has 0 radical (unpaired) electrons. The SMILES string of the molecule is OCC1CCC2(CC1)CCC(Cc1cccnc1)CC2. The Hall–Kier alpha value is -0.890. The van der Waals surface area contributed by atoms with Gasteiger partial charge in [-0.3, -0.25) is 4.98 Å². The van der Waals surface area contributed by atoms with E-state index in [1.807, 2.05) is 12.4 Å². The van der Waals surface area contributed by atoms with Crippen LogP contribution in [0.2, 0.25) is 0 Å². The molecule has 0 saturated heterocycles. The lowest BCUT2D eigenvalue weighted by atomic mass is 9.61. The van der Waals surface area contributed by atoms with Gasteiger partial charge in [-0.1, -0.05) is 6.07 Å². The number of aromatic nitrogens is 1. The summed E-state index contributed by atoms with van der Waals surface area (Å²) in [6.45, 7) is 0.402. The standard InChI is InChI=1S/C18H27NO/c20-14-16-5-9-18(10-6-16)7-3-15(4-8-18)12-17-2-1-11-19-13-17/h1-2,11,13,15-16,20H,3-10,12,14H2. The zero-order valence-corrected chi connectivity index (χ0v) is 12.4. The summed E-state index contributed by atoms with van der Waals surface area (Å²) in [5.74, 6) is 1.45. The van der Waals surface area contributed by atoms with Crippen LogP contribution in [0.15, 0.2) is 24.5 Å². The van der Waals surface area contributed by atoms with Gasteiger partial charge in [0.05, 0.1) is 0 Å². The summed E-state index contributed by atoms with van der Waals surface area (Å²) in [5.41, 5.74) is 2.04. The van der Waals surface area contributed by atoms with Crippen LogP contribution in [0.1, 0.15) is 56.9 Å². The highest BCUT2D eigenvalue weighted by molar-refractivity contribution is 5.09. The summed E-state index contributed by atoms with van der Waals surface area (Å²) in [5, 5.41) is 9.28. The highest BCUT2D eigenvalue weighted by Gasteiger charge is 2.38. The van der Waals surface area contributed by atoms with Crippen LogP contribution in [-0.2, 0) is 6.42 Å². The maximum absolute atomic E-state index is 9.28. The first-order valence-electron chi connectivity index (χ1n) is 8.29. The highest BCUT2D eigenvalue weighted by Crippen LogP contribution is 2.50.